The first-order chi connectivity index (χ1) is 9.53. The van der Waals surface area contributed by atoms with Gasteiger partial charge >= 0.3 is 6.09 Å². The highest BCUT2D eigenvalue weighted by molar-refractivity contribution is 7.86. The minimum atomic E-state index is -3.41. The maximum atomic E-state index is 12.1. The Bertz CT molecular complexity index is 496. The minimum Gasteiger partial charge on any atom is -0.444 e. The molecule has 0 bridgehead atoms. The summed E-state index contributed by atoms with van der Waals surface area (Å²) in [6, 6.07) is 0. The fraction of sp³-hybridized carbons (Fsp3) is 0.929. The molecule has 1 saturated carbocycles. The van der Waals surface area contributed by atoms with Gasteiger partial charge in [-0.1, -0.05) is 0 Å². The van der Waals surface area contributed by atoms with E-state index in [2.05, 4.69) is 0 Å². The maximum Gasteiger partial charge on any atom is 0.410 e. The van der Waals surface area contributed by atoms with E-state index in [4.69, 9.17) is 8.92 Å². The van der Waals surface area contributed by atoms with E-state index >= 15 is 0 Å². The number of hydrogen-bond donors (Lipinski definition) is 0. The molecule has 0 aromatic heterocycles. The van der Waals surface area contributed by atoms with Crippen LogP contribution in [0.15, 0.2) is 0 Å². The van der Waals surface area contributed by atoms with E-state index in [0.29, 0.717) is 31.3 Å². The predicted octanol–water partition coefficient (Wildman–Crippen LogP) is 2.00. The summed E-state index contributed by atoms with van der Waals surface area (Å²) < 4.78 is 32.9. The van der Waals surface area contributed by atoms with Gasteiger partial charge < -0.3 is 9.64 Å². The summed E-state index contributed by atoms with van der Waals surface area (Å²) in [5.74, 6) is 0.731. The Balaban J connectivity index is 1.91. The van der Waals surface area contributed by atoms with Crippen molar-refractivity contribution in [3.05, 3.63) is 0 Å². The predicted molar refractivity (Wildman–Crippen MR) is 78.4 cm³/mol. The van der Waals surface area contributed by atoms with Gasteiger partial charge in [-0.25, -0.2) is 4.79 Å². The Kier molecular flexibility index (Phi) is 4.54. The highest BCUT2D eigenvalue weighted by Crippen LogP contribution is 2.38. The molecule has 7 heteroatoms. The molecule has 2 rings (SSSR count). The van der Waals surface area contributed by atoms with E-state index in [1.807, 2.05) is 20.8 Å². The zero-order valence-corrected chi connectivity index (χ0v) is 14.0. The number of carbonyl (C=O) groups excluding carboxylic acids is 1. The number of nitrogens with zero attached hydrogens (tertiary/aromatic N) is 1. The molecule has 0 aromatic carbocycles. The van der Waals surface area contributed by atoms with Crippen molar-refractivity contribution in [2.75, 3.05) is 19.3 Å². The minimum absolute atomic E-state index is 0.250. The molecule has 6 nitrogen and oxygen atoms in total. The van der Waals surface area contributed by atoms with Gasteiger partial charge in [0.25, 0.3) is 10.1 Å². The number of ether oxygens (including phenoxy) is 1. The van der Waals surface area contributed by atoms with Crippen molar-refractivity contribution in [3.8, 4) is 0 Å². The van der Waals surface area contributed by atoms with Crippen LogP contribution in [0.4, 0.5) is 4.79 Å². The van der Waals surface area contributed by atoms with Crippen molar-refractivity contribution in [2.24, 2.45) is 11.8 Å². The zero-order valence-electron chi connectivity index (χ0n) is 13.2. The van der Waals surface area contributed by atoms with Gasteiger partial charge in [0.05, 0.1) is 12.4 Å². The Morgan fingerprint density at radius 2 is 1.76 bits per heavy atom. The van der Waals surface area contributed by atoms with E-state index in [-0.39, 0.29) is 12.2 Å². The quantitative estimate of drug-likeness (QED) is 0.728. The van der Waals surface area contributed by atoms with E-state index in [1.54, 1.807) is 4.90 Å². The Labute approximate surface area is 126 Å². The summed E-state index contributed by atoms with van der Waals surface area (Å²) in [4.78, 5) is 13.8. The maximum absolute atomic E-state index is 12.1. The lowest BCUT2D eigenvalue weighted by molar-refractivity contribution is 0.0283. The van der Waals surface area contributed by atoms with Crippen LogP contribution >= 0.6 is 0 Å². The Morgan fingerprint density at radius 1 is 1.14 bits per heavy atom. The third-order valence-corrected chi connectivity index (χ3v) is 4.59. The first-order valence-corrected chi connectivity index (χ1v) is 9.21. The van der Waals surface area contributed by atoms with Crippen LogP contribution in [-0.2, 0) is 19.0 Å². The van der Waals surface area contributed by atoms with Gasteiger partial charge in [0.15, 0.2) is 0 Å². The van der Waals surface area contributed by atoms with Crippen molar-refractivity contribution >= 4 is 16.2 Å². The standard InChI is InChI=1S/C14H25NO5S/c1-14(2,3)19-13(16)15-8-10-5-6-12(7-11(10)9-15)20-21(4,17)18/h10-12H,5-9H2,1-4H3. The average Bonchev–Trinajstić information content (AvgIpc) is 2.67. The van der Waals surface area contributed by atoms with Crippen LogP contribution in [0.5, 0.6) is 0 Å². The number of rotatable bonds is 2. The van der Waals surface area contributed by atoms with Crippen molar-refractivity contribution in [1.82, 2.24) is 4.90 Å². The number of carbonyl (C=O) groups is 1. The molecule has 0 N–H and O–H groups in total. The molecule has 1 amide bonds. The van der Waals surface area contributed by atoms with Crippen LogP contribution in [0.3, 0.4) is 0 Å². The third-order valence-electron chi connectivity index (χ3n) is 3.96. The molecule has 2 fully saturated rings. The van der Waals surface area contributed by atoms with Gasteiger partial charge in [-0.2, -0.15) is 8.42 Å². The van der Waals surface area contributed by atoms with Crippen molar-refractivity contribution in [3.63, 3.8) is 0 Å². The lowest BCUT2D eigenvalue weighted by atomic mass is 9.80. The fourth-order valence-electron chi connectivity index (χ4n) is 3.20. The molecule has 0 aromatic rings. The second-order valence-electron chi connectivity index (χ2n) is 7.14. The normalized spacial score (nSPS) is 30.1. The fourth-order valence-corrected chi connectivity index (χ4v) is 3.87. The monoisotopic (exact) mass is 319 g/mol. The van der Waals surface area contributed by atoms with Crippen LogP contribution in [0, 0.1) is 11.8 Å². The number of amides is 1. The van der Waals surface area contributed by atoms with Crippen molar-refractivity contribution in [2.45, 2.75) is 51.7 Å². The van der Waals surface area contributed by atoms with E-state index in [9.17, 15) is 13.2 Å². The smallest absolute Gasteiger partial charge is 0.410 e. The van der Waals surface area contributed by atoms with Gasteiger partial charge in [0.2, 0.25) is 0 Å². The summed E-state index contributed by atoms with van der Waals surface area (Å²) >= 11 is 0. The lowest BCUT2D eigenvalue weighted by Gasteiger charge is -2.29. The van der Waals surface area contributed by atoms with Crippen LogP contribution < -0.4 is 0 Å². The zero-order chi connectivity index (χ0) is 15.8. The topological polar surface area (TPSA) is 72.9 Å². The number of hydrogen-bond acceptors (Lipinski definition) is 5. The van der Waals surface area contributed by atoms with Crippen LogP contribution in [-0.4, -0.2) is 50.5 Å². The molecule has 0 spiro atoms. The highest BCUT2D eigenvalue weighted by Gasteiger charge is 2.41. The highest BCUT2D eigenvalue weighted by atomic mass is 32.2. The first-order valence-electron chi connectivity index (χ1n) is 7.40. The summed E-state index contributed by atoms with van der Waals surface area (Å²) in [5.41, 5.74) is -0.493. The molecular formula is C14H25NO5S. The molecule has 3 atom stereocenters. The first kappa shape index (κ1) is 16.5. The van der Waals surface area contributed by atoms with Gasteiger partial charge in [0.1, 0.15) is 5.60 Å². The molecule has 1 aliphatic carbocycles. The summed E-state index contributed by atoms with van der Waals surface area (Å²) in [7, 11) is -3.41. The van der Waals surface area contributed by atoms with Gasteiger partial charge in [0, 0.05) is 13.1 Å². The van der Waals surface area contributed by atoms with Crippen LogP contribution in [0.25, 0.3) is 0 Å². The SMILES string of the molecule is CC(C)(C)OC(=O)N1CC2CCC(OS(C)(=O)=O)CC2C1. The molecule has 3 unspecified atom stereocenters. The Morgan fingerprint density at radius 3 is 2.33 bits per heavy atom. The molecule has 0 radical (unpaired) electrons. The van der Waals surface area contributed by atoms with Crippen LogP contribution in [0.2, 0.25) is 0 Å². The van der Waals surface area contributed by atoms with Gasteiger partial charge in [-0.3, -0.25) is 4.18 Å². The summed E-state index contributed by atoms with van der Waals surface area (Å²) in [6.45, 7) is 6.88. The number of likely N-dealkylation sites (tertiary alicyclic amines) is 1. The second kappa shape index (κ2) is 5.76. The summed E-state index contributed by atoms with van der Waals surface area (Å²) in [5, 5.41) is 0. The third kappa shape index (κ3) is 4.85. The molecule has 1 saturated heterocycles. The second-order valence-corrected chi connectivity index (χ2v) is 8.74. The molecule has 21 heavy (non-hydrogen) atoms. The summed E-state index contributed by atoms with van der Waals surface area (Å²) in [6.07, 6.45) is 2.87. The van der Waals surface area contributed by atoms with Crippen LogP contribution in [0.1, 0.15) is 40.0 Å². The van der Waals surface area contributed by atoms with Crippen molar-refractivity contribution in [1.29, 1.82) is 0 Å². The van der Waals surface area contributed by atoms with E-state index in [0.717, 1.165) is 19.1 Å². The van der Waals surface area contributed by atoms with Gasteiger partial charge in [-0.05, 0) is 51.9 Å². The number of fused-ring (bicyclic) bond motifs is 1. The Hall–Kier alpha value is -0.820. The molecular weight excluding hydrogens is 294 g/mol. The molecule has 1 heterocycles. The van der Waals surface area contributed by atoms with Crippen molar-refractivity contribution < 1.29 is 22.1 Å². The van der Waals surface area contributed by atoms with E-state index < -0.39 is 15.7 Å². The van der Waals surface area contributed by atoms with Gasteiger partial charge in [-0.15, -0.1) is 0 Å². The molecule has 122 valence electrons. The molecule has 2 aliphatic rings. The average molecular weight is 319 g/mol. The van der Waals surface area contributed by atoms with E-state index in [1.165, 1.54) is 0 Å². The molecule has 1 aliphatic heterocycles. The lowest BCUT2D eigenvalue weighted by Crippen LogP contribution is -2.35. The largest absolute Gasteiger partial charge is 0.444 e.